The molecule has 0 spiro atoms. The van der Waals surface area contributed by atoms with Gasteiger partial charge in [-0.15, -0.1) is 0 Å². The van der Waals surface area contributed by atoms with Crippen LogP contribution < -0.4 is 14.8 Å². The second-order valence-electron chi connectivity index (χ2n) is 7.17. The highest BCUT2D eigenvalue weighted by Gasteiger charge is 2.18. The van der Waals surface area contributed by atoms with Crippen LogP contribution in [0.5, 0.6) is 11.5 Å². The number of benzene rings is 2. The summed E-state index contributed by atoms with van der Waals surface area (Å²) in [5, 5.41) is 2.83. The summed E-state index contributed by atoms with van der Waals surface area (Å²) >= 11 is 0. The molecule has 0 unspecified atom stereocenters. The van der Waals surface area contributed by atoms with Gasteiger partial charge in [-0.05, 0) is 79.8 Å². The number of aryl methyl sites for hydroxylation is 2. The van der Waals surface area contributed by atoms with Gasteiger partial charge < -0.3 is 19.2 Å². The molecule has 0 aliphatic carbocycles. The van der Waals surface area contributed by atoms with Crippen LogP contribution in [0.3, 0.4) is 0 Å². The molecule has 0 aliphatic rings. The predicted octanol–water partition coefficient (Wildman–Crippen LogP) is 5.37. The van der Waals surface area contributed by atoms with Gasteiger partial charge in [0.05, 0.1) is 14.2 Å². The van der Waals surface area contributed by atoms with Crippen molar-refractivity contribution in [3.8, 4) is 11.5 Å². The Morgan fingerprint density at radius 2 is 1.52 bits per heavy atom. The number of nitrogens with one attached hydrogen (secondary N) is 1. The number of carbonyl (C=O) groups excluding carboxylic acids is 1. The normalized spacial score (nSPS) is 10.7. The molecule has 0 saturated carbocycles. The van der Waals surface area contributed by atoms with Gasteiger partial charge in [0.1, 0.15) is 22.9 Å². The SMILES string of the molecule is COc1cccc(OC)c1NC(=O)c1ccc(Cc2c(C)c(C)cc(C)c2C)o1. The number of furan rings is 1. The molecule has 0 bridgehead atoms. The zero-order chi connectivity index (χ0) is 21.1. The highest BCUT2D eigenvalue weighted by molar-refractivity contribution is 6.04. The molecule has 1 aromatic heterocycles. The minimum absolute atomic E-state index is 0.243. The van der Waals surface area contributed by atoms with Gasteiger partial charge in [-0.1, -0.05) is 12.1 Å². The van der Waals surface area contributed by atoms with Crippen molar-refractivity contribution in [3.05, 3.63) is 75.7 Å². The maximum Gasteiger partial charge on any atom is 0.291 e. The summed E-state index contributed by atoms with van der Waals surface area (Å²) in [5.74, 6) is 1.68. The van der Waals surface area contributed by atoms with Crippen LogP contribution in [0.1, 0.15) is 44.1 Å². The van der Waals surface area contributed by atoms with E-state index in [0.717, 1.165) is 5.76 Å². The third kappa shape index (κ3) is 4.14. The molecule has 1 N–H and O–H groups in total. The summed E-state index contributed by atoms with van der Waals surface area (Å²) in [4.78, 5) is 12.7. The number of ether oxygens (including phenoxy) is 2. The number of hydrogen-bond acceptors (Lipinski definition) is 4. The van der Waals surface area contributed by atoms with Crippen molar-refractivity contribution < 1.29 is 18.7 Å². The van der Waals surface area contributed by atoms with E-state index in [1.165, 1.54) is 27.8 Å². The molecule has 29 heavy (non-hydrogen) atoms. The Kier molecular flexibility index (Phi) is 5.97. The molecule has 0 atom stereocenters. The summed E-state index contributed by atoms with van der Waals surface area (Å²) in [6.45, 7) is 8.49. The molecule has 0 aliphatic heterocycles. The van der Waals surface area contributed by atoms with Gasteiger partial charge in [0.25, 0.3) is 5.91 Å². The monoisotopic (exact) mass is 393 g/mol. The number of carbonyl (C=O) groups is 1. The number of methoxy groups -OCH3 is 2. The number of amides is 1. The minimum atomic E-state index is -0.354. The first-order chi connectivity index (χ1) is 13.8. The Morgan fingerprint density at radius 3 is 2.07 bits per heavy atom. The summed E-state index contributed by atoms with van der Waals surface area (Å²) < 4.78 is 16.5. The third-order valence-electron chi connectivity index (χ3n) is 5.42. The first kappa shape index (κ1) is 20.5. The maximum atomic E-state index is 12.7. The zero-order valence-corrected chi connectivity index (χ0v) is 17.8. The molecule has 5 nitrogen and oxygen atoms in total. The van der Waals surface area contributed by atoms with Gasteiger partial charge in [0.15, 0.2) is 5.76 Å². The molecule has 1 heterocycles. The van der Waals surface area contributed by atoms with E-state index in [0.29, 0.717) is 23.6 Å². The van der Waals surface area contributed by atoms with Gasteiger partial charge in [-0.25, -0.2) is 0 Å². The van der Waals surface area contributed by atoms with Crippen molar-refractivity contribution in [1.29, 1.82) is 0 Å². The third-order valence-corrected chi connectivity index (χ3v) is 5.42. The van der Waals surface area contributed by atoms with Crippen LogP contribution in [0.25, 0.3) is 0 Å². The smallest absolute Gasteiger partial charge is 0.291 e. The average Bonchev–Trinajstić information content (AvgIpc) is 3.18. The lowest BCUT2D eigenvalue weighted by Gasteiger charge is -2.14. The predicted molar refractivity (Wildman–Crippen MR) is 114 cm³/mol. The van der Waals surface area contributed by atoms with Crippen molar-refractivity contribution in [3.63, 3.8) is 0 Å². The fourth-order valence-corrected chi connectivity index (χ4v) is 3.48. The summed E-state index contributed by atoms with van der Waals surface area (Å²) in [6.07, 6.45) is 0.644. The van der Waals surface area contributed by atoms with E-state index in [9.17, 15) is 4.79 Å². The molecule has 1 amide bonds. The fraction of sp³-hybridized carbons (Fsp3) is 0.292. The molecule has 0 radical (unpaired) electrons. The first-order valence-electron chi connectivity index (χ1n) is 9.53. The highest BCUT2D eigenvalue weighted by atomic mass is 16.5. The van der Waals surface area contributed by atoms with Crippen molar-refractivity contribution in [2.24, 2.45) is 0 Å². The maximum absolute atomic E-state index is 12.7. The Labute approximate surface area is 171 Å². The number of para-hydroxylation sites is 1. The van der Waals surface area contributed by atoms with E-state index in [2.05, 4.69) is 39.1 Å². The van der Waals surface area contributed by atoms with E-state index in [1.807, 2.05) is 6.07 Å². The molecule has 152 valence electrons. The van der Waals surface area contributed by atoms with E-state index in [-0.39, 0.29) is 11.7 Å². The van der Waals surface area contributed by atoms with Gasteiger partial charge in [0, 0.05) is 6.42 Å². The van der Waals surface area contributed by atoms with Gasteiger partial charge in [-0.2, -0.15) is 0 Å². The Bertz CT molecular complexity index is 1000. The minimum Gasteiger partial charge on any atom is -0.494 e. The number of rotatable bonds is 6. The van der Waals surface area contributed by atoms with Crippen LogP contribution in [0.4, 0.5) is 5.69 Å². The lowest BCUT2D eigenvalue weighted by molar-refractivity contribution is 0.0994. The van der Waals surface area contributed by atoms with Crippen molar-refractivity contribution in [1.82, 2.24) is 0 Å². The average molecular weight is 393 g/mol. The highest BCUT2D eigenvalue weighted by Crippen LogP contribution is 2.34. The van der Waals surface area contributed by atoms with Crippen LogP contribution in [0.15, 0.2) is 40.8 Å². The molecule has 0 fully saturated rings. The summed E-state index contributed by atoms with van der Waals surface area (Å²) in [5.41, 5.74) is 6.76. The first-order valence-corrected chi connectivity index (χ1v) is 9.53. The summed E-state index contributed by atoms with van der Waals surface area (Å²) in [6, 6.07) is 11.1. The van der Waals surface area contributed by atoms with Gasteiger partial charge in [-0.3, -0.25) is 4.79 Å². The van der Waals surface area contributed by atoms with Gasteiger partial charge in [0.2, 0.25) is 0 Å². The second-order valence-corrected chi connectivity index (χ2v) is 7.17. The van der Waals surface area contributed by atoms with E-state index >= 15 is 0 Å². The lowest BCUT2D eigenvalue weighted by atomic mass is 9.92. The molecule has 5 heteroatoms. The largest absolute Gasteiger partial charge is 0.494 e. The van der Waals surface area contributed by atoms with Crippen LogP contribution in [0.2, 0.25) is 0 Å². The van der Waals surface area contributed by atoms with Crippen LogP contribution in [-0.2, 0) is 6.42 Å². The van der Waals surface area contributed by atoms with Crippen molar-refractivity contribution in [2.45, 2.75) is 34.1 Å². The molecule has 3 aromatic rings. The quantitative estimate of drug-likeness (QED) is 0.611. The number of hydrogen-bond donors (Lipinski definition) is 1. The zero-order valence-electron chi connectivity index (χ0n) is 17.8. The van der Waals surface area contributed by atoms with E-state index in [4.69, 9.17) is 13.9 Å². The van der Waals surface area contributed by atoms with E-state index in [1.54, 1.807) is 38.5 Å². The van der Waals surface area contributed by atoms with Gasteiger partial charge >= 0.3 is 0 Å². The molecule has 3 rings (SSSR count). The van der Waals surface area contributed by atoms with Crippen LogP contribution in [-0.4, -0.2) is 20.1 Å². The van der Waals surface area contributed by atoms with E-state index < -0.39 is 0 Å². The van der Waals surface area contributed by atoms with Crippen molar-refractivity contribution >= 4 is 11.6 Å². The molecule has 2 aromatic carbocycles. The Hall–Kier alpha value is -3.21. The standard InChI is InChI=1S/C24H27NO4/c1-14-12-15(2)17(4)19(16(14)3)13-18-10-11-22(29-18)24(26)25-23-20(27-5)8-7-9-21(23)28-6/h7-12H,13H2,1-6H3,(H,25,26). The Morgan fingerprint density at radius 1 is 0.931 bits per heavy atom. The number of anilines is 1. The summed E-state index contributed by atoms with van der Waals surface area (Å²) in [7, 11) is 3.09. The lowest BCUT2D eigenvalue weighted by Crippen LogP contribution is -2.12. The van der Waals surface area contributed by atoms with Crippen molar-refractivity contribution in [2.75, 3.05) is 19.5 Å². The van der Waals surface area contributed by atoms with Crippen LogP contribution in [0, 0.1) is 27.7 Å². The van der Waals surface area contributed by atoms with Crippen LogP contribution >= 0.6 is 0 Å². The molecule has 0 saturated heterocycles. The fourth-order valence-electron chi connectivity index (χ4n) is 3.48. The Balaban J connectivity index is 1.84. The second kappa shape index (κ2) is 8.43. The topological polar surface area (TPSA) is 60.7 Å². The molecular weight excluding hydrogens is 366 g/mol. The molecular formula is C24H27NO4.